The molecule has 1 heterocycles. The minimum absolute atomic E-state index is 0.243. The van der Waals surface area contributed by atoms with Crippen molar-refractivity contribution in [3.05, 3.63) is 18.5 Å². The van der Waals surface area contributed by atoms with Crippen molar-refractivity contribution in [1.29, 1.82) is 0 Å². The molecule has 0 aliphatic carbocycles. The highest BCUT2D eigenvalue weighted by molar-refractivity contribution is 5.89. The third kappa shape index (κ3) is 6.92. The van der Waals surface area contributed by atoms with E-state index in [1.807, 2.05) is 0 Å². The first-order valence-electron chi connectivity index (χ1n) is 7.15. The smallest absolute Gasteiger partial charge is 0.412 e. The van der Waals surface area contributed by atoms with Crippen LogP contribution < -0.4 is 10.6 Å². The fourth-order valence-electron chi connectivity index (χ4n) is 1.51. The molecule has 0 saturated heterocycles. The first kappa shape index (κ1) is 17.7. The van der Waals surface area contributed by atoms with Crippen LogP contribution in [0, 0.1) is 0 Å². The predicted molar refractivity (Wildman–Crippen MR) is 83.8 cm³/mol. The molecule has 0 spiro atoms. The molecule has 0 bridgehead atoms. The Morgan fingerprint density at radius 1 is 1.27 bits per heavy atom. The van der Waals surface area contributed by atoms with E-state index in [4.69, 9.17) is 9.47 Å². The number of hydrogen-bond donors (Lipinski definition) is 2. The molecule has 0 fully saturated rings. The summed E-state index contributed by atoms with van der Waals surface area (Å²) in [6.45, 7) is 7.77. The van der Waals surface area contributed by atoms with Crippen LogP contribution in [0.5, 0.6) is 0 Å². The second-order valence-electron chi connectivity index (χ2n) is 5.55. The van der Waals surface area contributed by atoms with Crippen molar-refractivity contribution in [2.45, 2.75) is 39.7 Å². The van der Waals surface area contributed by atoms with Crippen molar-refractivity contribution in [1.82, 2.24) is 4.98 Å². The number of nitrogens with one attached hydrogen (secondary N) is 2. The van der Waals surface area contributed by atoms with Gasteiger partial charge < -0.3 is 14.8 Å². The lowest BCUT2D eigenvalue weighted by atomic mass is 10.2. The summed E-state index contributed by atoms with van der Waals surface area (Å²) in [5.41, 5.74) is 0.603. The van der Waals surface area contributed by atoms with E-state index in [1.54, 1.807) is 46.2 Å². The summed E-state index contributed by atoms with van der Waals surface area (Å²) in [5, 5.41) is 5.71. The van der Waals surface area contributed by atoms with E-state index in [0.717, 1.165) is 0 Å². The SMILES string of the molecule is CCC(=O)OCCNc1cnccc1NC(=O)OC(C)(C)C. The average molecular weight is 309 g/mol. The maximum Gasteiger partial charge on any atom is 0.412 e. The number of esters is 1. The van der Waals surface area contributed by atoms with E-state index in [2.05, 4.69) is 15.6 Å². The van der Waals surface area contributed by atoms with Gasteiger partial charge in [-0.05, 0) is 26.8 Å². The number of nitrogens with zero attached hydrogens (tertiary/aromatic N) is 1. The van der Waals surface area contributed by atoms with Crippen molar-refractivity contribution in [3.8, 4) is 0 Å². The fraction of sp³-hybridized carbons (Fsp3) is 0.533. The number of ether oxygens (including phenoxy) is 2. The van der Waals surface area contributed by atoms with Gasteiger partial charge in [0.2, 0.25) is 0 Å². The molecule has 1 amide bonds. The number of amides is 1. The Hall–Kier alpha value is -2.31. The second-order valence-corrected chi connectivity index (χ2v) is 5.55. The van der Waals surface area contributed by atoms with Crippen LogP contribution >= 0.6 is 0 Å². The van der Waals surface area contributed by atoms with E-state index < -0.39 is 11.7 Å². The topological polar surface area (TPSA) is 89.5 Å². The molecule has 1 rings (SSSR count). The lowest BCUT2D eigenvalue weighted by molar-refractivity contribution is -0.142. The van der Waals surface area contributed by atoms with Gasteiger partial charge in [0.25, 0.3) is 0 Å². The Bertz CT molecular complexity index is 512. The Labute approximate surface area is 130 Å². The molecule has 2 N–H and O–H groups in total. The molecule has 0 aliphatic heterocycles. The van der Waals surface area contributed by atoms with Gasteiger partial charge in [0.15, 0.2) is 0 Å². The standard InChI is InChI=1S/C15H23N3O4/c1-5-13(19)21-9-8-17-12-10-16-7-6-11(12)18-14(20)22-15(2,3)4/h6-7,10,17H,5,8-9H2,1-4H3,(H,16,18,20). The molecule has 0 atom stereocenters. The summed E-state index contributed by atoms with van der Waals surface area (Å²) < 4.78 is 10.2. The Morgan fingerprint density at radius 2 is 2.00 bits per heavy atom. The van der Waals surface area contributed by atoms with Crippen LogP contribution in [0.25, 0.3) is 0 Å². The first-order valence-corrected chi connectivity index (χ1v) is 7.15. The van der Waals surface area contributed by atoms with Crippen molar-refractivity contribution in [3.63, 3.8) is 0 Å². The van der Waals surface area contributed by atoms with E-state index in [1.165, 1.54) is 0 Å². The van der Waals surface area contributed by atoms with Crippen LogP contribution in [0.15, 0.2) is 18.5 Å². The summed E-state index contributed by atoms with van der Waals surface area (Å²) >= 11 is 0. The van der Waals surface area contributed by atoms with E-state index in [0.29, 0.717) is 24.3 Å². The Kier molecular flexibility index (Phi) is 6.62. The largest absolute Gasteiger partial charge is 0.464 e. The molecule has 1 aromatic heterocycles. The van der Waals surface area contributed by atoms with Gasteiger partial charge in [0.1, 0.15) is 12.2 Å². The monoisotopic (exact) mass is 309 g/mol. The number of pyridine rings is 1. The molecule has 0 aliphatic rings. The molecule has 22 heavy (non-hydrogen) atoms. The lowest BCUT2D eigenvalue weighted by Gasteiger charge is -2.20. The van der Waals surface area contributed by atoms with Gasteiger partial charge in [-0.2, -0.15) is 0 Å². The summed E-state index contributed by atoms with van der Waals surface area (Å²) in [6, 6.07) is 1.66. The fourth-order valence-corrected chi connectivity index (χ4v) is 1.51. The van der Waals surface area contributed by atoms with Crippen molar-refractivity contribution < 1.29 is 19.1 Å². The quantitative estimate of drug-likeness (QED) is 0.620. The van der Waals surface area contributed by atoms with Gasteiger partial charge in [0, 0.05) is 19.2 Å². The molecule has 0 unspecified atom stereocenters. The van der Waals surface area contributed by atoms with Crippen LogP contribution in [0.4, 0.5) is 16.2 Å². The van der Waals surface area contributed by atoms with Crippen LogP contribution in [0.2, 0.25) is 0 Å². The number of anilines is 2. The van der Waals surface area contributed by atoms with E-state index in [9.17, 15) is 9.59 Å². The second kappa shape index (κ2) is 8.21. The number of rotatable bonds is 6. The van der Waals surface area contributed by atoms with Gasteiger partial charge >= 0.3 is 12.1 Å². The number of hydrogen-bond acceptors (Lipinski definition) is 6. The lowest BCUT2D eigenvalue weighted by Crippen LogP contribution is -2.27. The van der Waals surface area contributed by atoms with Crippen LogP contribution in [0.3, 0.4) is 0 Å². The maximum atomic E-state index is 11.8. The third-order valence-electron chi connectivity index (χ3n) is 2.43. The van der Waals surface area contributed by atoms with Gasteiger partial charge in [-0.1, -0.05) is 6.92 Å². The van der Waals surface area contributed by atoms with Crippen LogP contribution in [-0.2, 0) is 14.3 Å². The highest BCUT2D eigenvalue weighted by Gasteiger charge is 2.17. The highest BCUT2D eigenvalue weighted by Crippen LogP contribution is 2.20. The molecule has 122 valence electrons. The number of carbonyl (C=O) groups excluding carboxylic acids is 2. The number of carbonyl (C=O) groups is 2. The zero-order chi connectivity index (χ0) is 16.6. The average Bonchev–Trinajstić information content (AvgIpc) is 2.42. The molecule has 0 aromatic carbocycles. The normalized spacial score (nSPS) is 10.7. The van der Waals surface area contributed by atoms with E-state index >= 15 is 0 Å². The van der Waals surface area contributed by atoms with Gasteiger partial charge in [0.05, 0.1) is 17.6 Å². The van der Waals surface area contributed by atoms with Crippen LogP contribution in [0.1, 0.15) is 34.1 Å². The minimum Gasteiger partial charge on any atom is -0.464 e. The minimum atomic E-state index is -0.570. The van der Waals surface area contributed by atoms with Gasteiger partial charge in [-0.3, -0.25) is 15.1 Å². The molecular formula is C15H23N3O4. The zero-order valence-corrected chi connectivity index (χ0v) is 13.4. The molecule has 0 radical (unpaired) electrons. The molecule has 1 aromatic rings. The molecule has 7 heteroatoms. The Balaban J connectivity index is 2.55. The first-order chi connectivity index (χ1) is 10.3. The van der Waals surface area contributed by atoms with E-state index in [-0.39, 0.29) is 12.6 Å². The maximum absolute atomic E-state index is 11.8. The van der Waals surface area contributed by atoms with Gasteiger partial charge in [-0.15, -0.1) is 0 Å². The number of aromatic nitrogens is 1. The molecule has 0 saturated carbocycles. The summed E-state index contributed by atoms with van der Waals surface area (Å²) in [7, 11) is 0. The summed E-state index contributed by atoms with van der Waals surface area (Å²) in [6.07, 6.45) is 2.95. The summed E-state index contributed by atoms with van der Waals surface area (Å²) in [4.78, 5) is 26.8. The summed E-state index contributed by atoms with van der Waals surface area (Å²) in [5.74, 6) is -0.250. The van der Waals surface area contributed by atoms with Crippen molar-refractivity contribution in [2.75, 3.05) is 23.8 Å². The van der Waals surface area contributed by atoms with Crippen molar-refractivity contribution in [2.24, 2.45) is 0 Å². The van der Waals surface area contributed by atoms with Crippen molar-refractivity contribution >= 4 is 23.4 Å². The highest BCUT2D eigenvalue weighted by atomic mass is 16.6. The molecular weight excluding hydrogens is 286 g/mol. The van der Waals surface area contributed by atoms with Crippen LogP contribution in [-0.4, -0.2) is 35.8 Å². The predicted octanol–water partition coefficient (Wildman–Crippen LogP) is 2.79. The third-order valence-corrected chi connectivity index (χ3v) is 2.43. The van der Waals surface area contributed by atoms with Gasteiger partial charge in [-0.25, -0.2) is 4.79 Å². The zero-order valence-electron chi connectivity index (χ0n) is 13.4. The molecule has 7 nitrogen and oxygen atoms in total. The Morgan fingerprint density at radius 3 is 2.64 bits per heavy atom.